The zero-order valence-corrected chi connectivity index (χ0v) is 8.71. The van der Waals surface area contributed by atoms with Crippen LogP contribution in [0.25, 0.3) is 0 Å². The van der Waals surface area contributed by atoms with Gasteiger partial charge in [0.15, 0.2) is 0 Å². The first-order valence-electron chi connectivity index (χ1n) is 4.97. The molecule has 2 unspecified atom stereocenters. The Kier molecular flexibility index (Phi) is 3.92. The minimum absolute atomic E-state index is 0.0953. The minimum Gasteiger partial charge on any atom is -0.469 e. The Labute approximate surface area is 84.0 Å². The molecule has 0 aromatic carbocycles. The maximum atomic E-state index is 11.1. The van der Waals surface area contributed by atoms with E-state index in [1.807, 2.05) is 6.92 Å². The van der Waals surface area contributed by atoms with E-state index in [9.17, 15) is 9.59 Å². The third kappa shape index (κ3) is 3.01. The van der Waals surface area contributed by atoms with Gasteiger partial charge >= 0.3 is 5.97 Å². The van der Waals surface area contributed by atoms with Gasteiger partial charge in [-0.2, -0.15) is 0 Å². The first-order valence-corrected chi connectivity index (χ1v) is 4.97. The molecular weight excluding hydrogens is 182 g/mol. The van der Waals surface area contributed by atoms with E-state index < -0.39 is 0 Å². The average Bonchev–Trinajstić information content (AvgIpc) is 2.17. The number of piperidine rings is 1. The summed E-state index contributed by atoms with van der Waals surface area (Å²) in [5.74, 6) is 0.456. The van der Waals surface area contributed by atoms with Crippen molar-refractivity contribution in [3.8, 4) is 0 Å². The van der Waals surface area contributed by atoms with E-state index in [1.165, 1.54) is 7.11 Å². The number of amides is 1. The number of carbonyl (C=O) groups excluding carboxylic acids is 2. The number of carbonyl (C=O) groups is 2. The number of esters is 1. The van der Waals surface area contributed by atoms with Gasteiger partial charge in [0, 0.05) is 19.4 Å². The third-order valence-electron chi connectivity index (χ3n) is 2.81. The normalized spacial score (nSPS) is 23.9. The average molecular weight is 199 g/mol. The fraction of sp³-hybridized carbons (Fsp3) is 0.800. The second kappa shape index (κ2) is 4.98. The molecule has 2 atom stereocenters. The van der Waals surface area contributed by atoms with Gasteiger partial charge in [-0.1, -0.05) is 6.92 Å². The number of nitrogens with one attached hydrogen (secondary N) is 1. The van der Waals surface area contributed by atoms with Crippen LogP contribution >= 0.6 is 0 Å². The second-order valence-corrected chi connectivity index (χ2v) is 3.86. The van der Waals surface area contributed by atoms with E-state index >= 15 is 0 Å². The summed E-state index contributed by atoms with van der Waals surface area (Å²) in [4.78, 5) is 22.1. The van der Waals surface area contributed by atoms with Crippen molar-refractivity contribution in [1.29, 1.82) is 0 Å². The molecule has 1 aliphatic heterocycles. The Morgan fingerprint density at radius 1 is 1.71 bits per heavy atom. The monoisotopic (exact) mass is 199 g/mol. The molecule has 14 heavy (non-hydrogen) atoms. The highest BCUT2D eigenvalue weighted by Crippen LogP contribution is 2.24. The Morgan fingerprint density at radius 2 is 2.43 bits per heavy atom. The van der Waals surface area contributed by atoms with Crippen molar-refractivity contribution in [3.05, 3.63) is 0 Å². The fourth-order valence-electron chi connectivity index (χ4n) is 1.81. The predicted molar refractivity (Wildman–Crippen MR) is 51.5 cm³/mol. The summed E-state index contributed by atoms with van der Waals surface area (Å²) in [6, 6.07) is 0. The van der Waals surface area contributed by atoms with Crippen LogP contribution in [0.3, 0.4) is 0 Å². The zero-order chi connectivity index (χ0) is 10.6. The molecular formula is C10H17NO3. The van der Waals surface area contributed by atoms with E-state index in [0.717, 1.165) is 13.0 Å². The van der Waals surface area contributed by atoms with Gasteiger partial charge in [-0.05, 0) is 18.3 Å². The molecule has 0 radical (unpaired) electrons. The molecule has 0 saturated carbocycles. The summed E-state index contributed by atoms with van der Waals surface area (Å²) in [5, 5.41) is 2.78. The quantitative estimate of drug-likeness (QED) is 0.681. The van der Waals surface area contributed by atoms with Gasteiger partial charge < -0.3 is 10.1 Å². The van der Waals surface area contributed by atoms with Crippen molar-refractivity contribution in [3.63, 3.8) is 0 Å². The van der Waals surface area contributed by atoms with Crippen molar-refractivity contribution >= 4 is 11.9 Å². The lowest BCUT2D eigenvalue weighted by atomic mass is 9.84. The van der Waals surface area contributed by atoms with Crippen LogP contribution < -0.4 is 5.32 Å². The maximum absolute atomic E-state index is 11.1. The van der Waals surface area contributed by atoms with E-state index in [1.54, 1.807) is 0 Å². The maximum Gasteiger partial charge on any atom is 0.305 e. The van der Waals surface area contributed by atoms with Crippen molar-refractivity contribution in [2.24, 2.45) is 11.8 Å². The zero-order valence-electron chi connectivity index (χ0n) is 8.71. The van der Waals surface area contributed by atoms with Crippen molar-refractivity contribution < 1.29 is 14.3 Å². The summed E-state index contributed by atoms with van der Waals surface area (Å²) in [6.45, 7) is 2.73. The largest absolute Gasteiger partial charge is 0.469 e. The van der Waals surface area contributed by atoms with Gasteiger partial charge in [0.1, 0.15) is 0 Å². The van der Waals surface area contributed by atoms with Gasteiger partial charge in [-0.15, -0.1) is 0 Å². The molecule has 1 rings (SSSR count). The molecule has 0 bridgehead atoms. The summed E-state index contributed by atoms with van der Waals surface area (Å²) >= 11 is 0. The number of methoxy groups -OCH3 is 1. The lowest BCUT2D eigenvalue weighted by molar-refractivity contribution is -0.142. The molecule has 1 saturated heterocycles. The molecule has 0 aliphatic carbocycles. The summed E-state index contributed by atoms with van der Waals surface area (Å²) < 4.78 is 4.60. The van der Waals surface area contributed by atoms with Crippen LogP contribution in [-0.4, -0.2) is 25.5 Å². The van der Waals surface area contributed by atoms with E-state index in [0.29, 0.717) is 18.8 Å². The Bertz CT molecular complexity index is 227. The predicted octanol–water partition coefficient (Wildman–Crippen LogP) is 0.712. The first-order chi connectivity index (χ1) is 6.63. The fourth-order valence-corrected chi connectivity index (χ4v) is 1.81. The molecule has 1 N–H and O–H groups in total. The van der Waals surface area contributed by atoms with E-state index in [4.69, 9.17) is 0 Å². The van der Waals surface area contributed by atoms with Gasteiger partial charge in [0.05, 0.1) is 7.11 Å². The van der Waals surface area contributed by atoms with Gasteiger partial charge in [0.2, 0.25) is 5.91 Å². The molecule has 0 aromatic rings. The van der Waals surface area contributed by atoms with Gasteiger partial charge in [-0.25, -0.2) is 0 Å². The number of hydrogen-bond acceptors (Lipinski definition) is 3. The molecule has 1 amide bonds. The van der Waals surface area contributed by atoms with Crippen LogP contribution in [0.15, 0.2) is 0 Å². The number of ether oxygens (including phenoxy) is 1. The van der Waals surface area contributed by atoms with Gasteiger partial charge in [-0.3, -0.25) is 9.59 Å². The second-order valence-electron chi connectivity index (χ2n) is 3.86. The van der Waals surface area contributed by atoms with Crippen LogP contribution in [0, 0.1) is 11.8 Å². The van der Waals surface area contributed by atoms with E-state index in [-0.39, 0.29) is 17.8 Å². The smallest absolute Gasteiger partial charge is 0.305 e. The van der Waals surface area contributed by atoms with E-state index in [2.05, 4.69) is 10.1 Å². The molecule has 0 aromatic heterocycles. The highest BCUT2D eigenvalue weighted by molar-refractivity contribution is 5.77. The molecule has 0 spiro atoms. The topological polar surface area (TPSA) is 55.4 Å². The molecule has 4 heteroatoms. The molecule has 4 nitrogen and oxygen atoms in total. The lowest BCUT2D eigenvalue weighted by Gasteiger charge is -2.26. The van der Waals surface area contributed by atoms with Crippen molar-refractivity contribution in [2.45, 2.75) is 26.2 Å². The number of hydrogen-bond donors (Lipinski definition) is 1. The molecule has 1 fully saturated rings. The Balaban J connectivity index is 2.39. The Hall–Kier alpha value is -1.06. The van der Waals surface area contributed by atoms with Crippen molar-refractivity contribution in [1.82, 2.24) is 5.32 Å². The molecule has 1 heterocycles. The van der Waals surface area contributed by atoms with Gasteiger partial charge in [0.25, 0.3) is 0 Å². The summed E-state index contributed by atoms with van der Waals surface area (Å²) in [5.41, 5.74) is 0. The highest BCUT2D eigenvalue weighted by Gasteiger charge is 2.25. The highest BCUT2D eigenvalue weighted by atomic mass is 16.5. The van der Waals surface area contributed by atoms with Crippen LogP contribution in [-0.2, 0) is 14.3 Å². The SMILES string of the molecule is COC(=O)CC(C)C1CCNC(=O)C1. The standard InChI is InChI=1S/C10H17NO3/c1-7(5-10(13)14-2)8-3-4-11-9(12)6-8/h7-8H,3-6H2,1-2H3,(H,11,12). The number of rotatable bonds is 3. The molecule has 80 valence electrons. The van der Waals surface area contributed by atoms with Crippen LogP contribution in [0.5, 0.6) is 0 Å². The first kappa shape index (κ1) is 11.0. The summed E-state index contributed by atoms with van der Waals surface area (Å²) in [6.07, 6.45) is 1.91. The minimum atomic E-state index is -0.191. The third-order valence-corrected chi connectivity index (χ3v) is 2.81. The van der Waals surface area contributed by atoms with Crippen molar-refractivity contribution in [2.75, 3.05) is 13.7 Å². The van der Waals surface area contributed by atoms with Crippen LogP contribution in [0.4, 0.5) is 0 Å². The van der Waals surface area contributed by atoms with Crippen LogP contribution in [0.2, 0.25) is 0 Å². The summed E-state index contributed by atoms with van der Waals surface area (Å²) in [7, 11) is 1.39. The molecule has 1 aliphatic rings. The van der Waals surface area contributed by atoms with Crippen LogP contribution in [0.1, 0.15) is 26.2 Å². The Morgan fingerprint density at radius 3 is 3.00 bits per heavy atom. The lowest BCUT2D eigenvalue weighted by Crippen LogP contribution is -2.36.